The smallest absolute Gasteiger partial charge is 0.435 e. The van der Waals surface area contributed by atoms with Crippen molar-refractivity contribution in [3.05, 3.63) is 29.8 Å². The number of aromatic amines is 1. The predicted molar refractivity (Wildman–Crippen MR) is 76.3 cm³/mol. The lowest BCUT2D eigenvalue weighted by Gasteiger charge is -2.21. The fourth-order valence-electron chi connectivity index (χ4n) is 2.77. The molecule has 2 aromatic rings. The van der Waals surface area contributed by atoms with Crippen molar-refractivity contribution < 1.29 is 22.7 Å². The zero-order chi connectivity index (χ0) is 17.3. The summed E-state index contributed by atoms with van der Waals surface area (Å²) >= 11 is 0. The summed E-state index contributed by atoms with van der Waals surface area (Å²) in [6.07, 6.45) is 0.570. The van der Waals surface area contributed by atoms with Crippen LogP contribution in [0.4, 0.5) is 13.2 Å². The van der Waals surface area contributed by atoms with Crippen LogP contribution in [0.3, 0.4) is 0 Å². The molecule has 1 aliphatic carbocycles. The van der Waals surface area contributed by atoms with Crippen LogP contribution in [-0.2, 0) is 13.2 Å². The molecule has 1 saturated carbocycles. The van der Waals surface area contributed by atoms with Gasteiger partial charge in [-0.1, -0.05) is 0 Å². The topological polar surface area (TPSA) is 84.8 Å². The molecule has 1 aliphatic rings. The van der Waals surface area contributed by atoms with Gasteiger partial charge in [0.2, 0.25) is 0 Å². The van der Waals surface area contributed by atoms with Crippen LogP contribution in [0.25, 0.3) is 0 Å². The molecular weight excluding hydrogens is 327 g/mol. The Hall–Kier alpha value is -2.52. The van der Waals surface area contributed by atoms with Crippen LogP contribution in [0.1, 0.15) is 35.4 Å². The van der Waals surface area contributed by atoms with Gasteiger partial charge in [0.25, 0.3) is 5.91 Å². The number of rotatable bonds is 4. The van der Waals surface area contributed by atoms with E-state index in [1.54, 1.807) is 6.20 Å². The van der Waals surface area contributed by atoms with Gasteiger partial charge in [-0.2, -0.15) is 23.4 Å². The molecule has 2 aromatic heterocycles. The summed E-state index contributed by atoms with van der Waals surface area (Å²) in [6, 6.07) is 0.465. The van der Waals surface area contributed by atoms with Crippen molar-refractivity contribution in [2.75, 3.05) is 0 Å². The molecule has 2 N–H and O–H groups in total. The van der Waals surface area contributed by atoms with Crippen molar-refractivity contribution in [3.8, 4) is 5.75 Å². The number of aromatic nitrogens is 4. The van der Waals surface area contributed by atoms with E-state index in [2.05, 4.69) is 20.6 Å². The summed E-state index contributed by atoms with van der Waals surface area (Å²) in [7, 11) is 1.30. The number of nitrogens with one attached hydrogen (secondary N) is 2. The van der Waals surface area contributed by atoms with Crippen LogP contribution in [0.15, 0.2) is 18.5 Å². The molecule has 0 radical (unpaired) electrons. The number of H-pyrrole nitrogens is 1. The van der Waals surface area contributed by atoms with Gasteiger partial charge in [0.15, 0.2) is 11.4 Å². The molecule has 0 unspecified atom stereocenters. The molecule has 10 heteroatoms. The van der Waals surface area contributed by atoms with Crippen LogP contribution in [-0.4, -0.2) is 38.0 Å². The van der Waals surface area contributed by atoms with Crippen LogP contribution in [0, 0.1) is 0 Å². The molecule has 0 spiro atoms. The Labute approximate surface area is 135 Å². The van der Waals surface area contributed by atoms with E-state index in [0.717, 1.165) is 23.6 Å². The van der Waals surface area contributed by atoms with Crippen molar-refractivity contribution in [2.45, 2.75) is 37.6 Å². The molecule has 0 aromatic carbocycles. The minimum atomic E-state index is -4.59. The molecule has 24 heavy (non-hydrogen) atoms. The van der Waals surface area contributed by atoms with E-state index in [1.165, 1.54) is 13.2 Å². The molecule has 3 rings (SSSR count). The Balaban J connectivity index is 1.69. The molecule has 0 bridgehead atoms. The SMILES string of the molecule is Cn1nc(C(F)(F)F)cc1C(=O)N[C@H]1CCC[C@H]1Oc1cn[nH]c1. The zero-order valence-electron chi connectivity index (χ0n) is 12.8. The zero-order valence-corrected chi connectivity index (χ0v) is 12.8. The van der Waals surface area contributed by atoms with Crippen molar-refractivity contribution >= 4 is 5.91 Å². The minimum Gasteiger partial charge on any atom is -0.485 e. The number of ether oxygens (including phenoxy) is 1. The third-order valence-corrected chi connectivity index (χ3v) is 3.93. The molecular formula is C14H16F3N5O2. The first-order valence-corrected chi connectivity index (χ1v) is 7.42. The molecule has 2 heterocycles. The predicted octanol–water partition coefficient (Wildman–Crippen LogP) is 1.89. The monoisotopic (exact) mass is 343 g/mol. The number of amides is 1. The second-order valence-corrected chi connectivity index (χ2v) is 5.64. The van der Waals surface area contributed by atoms with E-state index in [1.807, 2.05) is 0 Å². The average Bonchev–Trinajstić information content (AvgIpc) is 3.21. The van der Waals surface area contributed by atoms with Crippen LogP contribution < -0.4 is 10.1 Å². The Bertz CT molecular complexity index is 711. The molecule has 1 amide bonds. The molecule has 1 fully saturated rings. The first kappa shape index (κ1) is 16.3. The van der Waals surface area contributed by atoms with Gasteiger partial charge >= 0.3 is 6.18 Å². The standard InChI is InChI=1S/C14H16F3N5O2/c1-22-10(5-12(21-22)14(15,16)17)13(23)20-9-3-2-4-11(9)24-8-6-18-19-7-8/h5-7,9,11H,2-4H2,1H3,(H,18,19)(H,20,23)/t9-,11+/m0/s1. The number of nitrogens with zero attached hydrogens (tertiary/aromatic N) is 3. The Kier molecular flexibility index (Phi) is 4.20. The van der Waals surface area contributed by atoms with Crippen molar-refractivity contribution in [3.63, 3.8) is 0 Å². The number of hydrogen-bond donors (Lipinski definition) is 2. The average molecular weight is 343 g/mol. The second kappa shape index (κ2) is 6.17. The van der Waals surface area contributed by atoms with Crippen LogP contribution in [0.2, 0.25) is 0 Å². The van der Waals surface area contributed by atoms with E-state index in [9.17, 15) is 18.0 Å². The highest BCUT2D eigenvalue weighted by molar-refractivity contribution is 5.93. The number of halogens is 3. The number of aryl methyl sites for hydroxylation is 1. The van der Waals surface area contributed by atoms with Gasteiger partial charge in [0.05, 0.1) is 18.4 Å². The summed E-state index contributed by atoms with van der Waals surface area (Å²) in [5, 5.41) is 12.5. The van der Waals surface area contributed by atoms with Crippen LogP contribution in [0.5, 0.6) is 5.75 Å². The Morgan fingerprint density at radius 3 is 2.88 bits per heavy atom. The third kappa shape index (κ3) is 3.36. The molecule has 2 atom stereocenters. The third-order valence-electron chi connectivity index (χ3n) is 3.93. The van der Waals surface area contributed by atoms with Gasteiger partial charge in [0, 0.05) is 13.1 Å². The number of alkyl halides is 3. The number of carbonyl (C=O) groups is 1. The van der Waals surface area contributed by atoms with Crippen molar-refractivity contribution in [2.24, 2.45) is 7.05 Å². The largest absolute Gasteiger partial charge is 0.485 e. The Morgan fingerprint density at radius 1 is 1.46 bits per heavy atom. The van der Waals surface area contributed by atoms with Gasteiger partial charge in [-0.05, 0) is 19.3 Å². The highest BCUT2D eigenvalue weighted by atomic mass is 19.4. The van der Waals surface area contributed by atoms with E-state index >= 15 is 0 Å². The fourth-order valence-corrected chi connectivity index (χ4v) is 2.77. The summed E-state index contributed by atoms with van der Waals surface area (Å²) in [5.74, 6) is -0.0470. The lowest BCUT2D eigenvalue weighted by atomic mass is 10.2. The van der Waals surface area contributed by atoms with Gasteiger partial charge in [-0.25, -0.2) is 0 Å². The second-order valence-electron chi connectivity index (χ2n) is 5.64. The molecule has 7 nitrogen and oxygen atoms in total. The highest BCUT2D eigenvalue weighted by Gasteiger charge is 2.36. The van der Waals surface area contributed by atoms with Crippen molar-refractivity contribution in [1.82, 2.24) is 25.3 Å². The number of hydrogen-bond acceptors (Lipinski definition) is 4. The van der Waals surface area contributed by atoms with E-state index in [0.29, 0.717) is 12.2 Å². The van der Waals surface area contributed by atoms with Gasteiger partial charge in [0.1, 0.15) is 11.8 Å². The maximum atomic E-state index is 12.7. The lowest BCUT2D eigenvalue weighted by Crippen LogP contribution is -2.43. The van der Waals surface area contributed by atoms with Gasteiger partial charge in [-0.15, -0.1) is 0 Å². The summed E-state index contributed by atoms with van der Waals surface area (Å²) in [4.78, 5) is 12.3. The van der Waals surface area contributed by atoms with E-state index < -0.39 is 17.8 Å². The van der Waals surface area contributed by atoms with Crippen LogP contribution >= 0.6 is 0 Å². The van der Waals surface area contributed by atoms with Crippen molar-refractivity contribution in [1.29, 1.82) is 0 Å². The fraction of sp³-hybridized carbons (Fsp3) is 0.500. The number of carbonyl (C=O) groups excluding carboxylic acids is 1. The highest BCUT2D eigenvalue weighted by Crippen LogP contribution is 2.29. The Morgan fingerprint density at radius 2 is 2.25 bits per heavy atom. The maximum absolute atomic E-state index is 12.7. The summed E-state index contributed by atoms with van der Waals surface area (Å²) < 4.78 is 44.7. The van der Waals surface area contributed by atoms with Gasteiger partial charge < -0.3 is 10.1 Å². The summed E-state index contributed by atoms with van der Waals surface area (Å²) in [6.45, 7) is 0. The van der Waals surface area contributed by atoms with Gasteiger partial charge in [-0.3, -0.25) is 14.6 Å². The van der Waals surface area contributed by atoms with E-state index in [-0.39, 0.29) is 17.8 Å². The summed E-state index contributed by atoms with van der Waals surface area (Å²) in [5.41, 5.74) is -1.23. The molecule has 0 saturated heterocycles. The minimum absolute atomic E-state index is 0.142. The molecule has 130 valence electrons. The maximum Gasteiger partial charge on any atom is 0.435 e. The van der Waals surface area contributed by atoms with E-state index in [4.69, 9.17) is 4.74 Å². The first-order chi connectivity index (χ1) is 11.3. The normalized spacial score (nSPS) is 21.0. The quantitative estimate of drug-likeness (QED) is 0.888. The lowest BCUT2D eigenvalue weighted by molar-refractivity contribution is -0.141. The first-order valence-electron chi connectivity index (χ1n) is 7.42. The molecule has 0 aliphatic heterocycles.